The van der Waals surface area contributed by atoms with Gasteiger partial charge in [-0.3, -0.25) is 0 Å². The number of thioether (sulfide) groups is 1. The van der Waals surface area contributed by atoms with Crippen LogP contribution in [0.15, 0.2) is 47.4 Å². The van der Waals surface area contributed by atoms with Crippen molar-refractivity contribution in [3.8, 4) is 0 Å². The standard InChI is InChI=1S/C17H21NS/c1-12-9-10-14(13(2)11-12)17(18-3)15-7-5-6-8-16(15)19-4/h5-11,17-18H,1-4H3. The fourth-order valence-corrected chi connectivity index (χ4v) is 3.17. The Bertz CT molecular complexity index is 563. The Balaban J connectivity index is 2.50. The van der Waals surface area contributed by atoms with Crippen molar-refractivity contribution in [3.63, 3.8) is 0 Å². The van der Waals surface area contributed by atoms with Crippen LogP contribution >= 0.6 is 11.8 Å². The van der Waals surface area contributed by atoms with Gasteiger partial charge in [0.25, 0.3) is 0 Å². The lowest BCUT2D eigenvalue weighted by atomic mass is 9.94. The summed E-state index contributed by atoms with van der Waals surface area (Å²) in [6.45, 7) is 4.33. The summed E-state index contributed by atoms with van der Waals surface area (Å²) in [6, 6.07) is 15.6. The number of rotatable bonds is 4. The molecule has 1 N–H and O–H groups in total. The molecule has 2 rings (SSSR count). The SMILES string of the molecule is CNC(c1ccc(C)cc1C)c1ccccc1SC. The first-order chi connectivity index (χ1) is 9.17. The molecule has 0 saturated heterocycles. The minimum absolute atomic E-state index is 0.254. The van der Waals surface area contributed by atoms with Crippen LogP contribution in [0, 0.1) is 13.8 Å². The van der Waals surface area contributed by atoms with Crippen molar-refractivity contribution in [3.05, 3.63) is 64.7 Å². The minimum Gasteiger partial charge on any atom is -0.309 e. The average molecular weight is 271 g/mol. The summed E-state index contributed by atoms with van der Waals surface area (Å²) in [5.41, 5.74) is 5.36. The van der Waals surface area contributed by atoms with E-state index in [2.05, 4.69) is 67.9 Å². The highest BCUT2D eigenvalue weighted by Crippen LogP contribution is 2.31. The van der Waals surface area contributed by atoms with E-state index >= 15 is 0 Å². The van der Waals surface area contributed by atoms with Gasteiger partial charge < -0.3 is 5.32 Å². The second kappa shape index (κ2) is 6.27. The van der Waals surface area contributed by atoms with Gasteiger partial charge in [-0.1, -0.05) is 42.0 Å². The van der Waals surface area contributed by atoms with Crippen LogP contribution in [0.25, 0.3) is 0 Å². The average Bonchev–Trinajstić information content (AvgIpc) is 2.42. The van der Waals surface area contributed by atoms with Gasteiger partial charge in [-0.2, -0.15) is 0 Å². The lowest BCUT2D eigenvalue weighted by Gasteiger charge is -2.22. The molecule has 0 saturated carbocycles. The third-order valence-corrected chi connectivity index (χ3v) is 4.29. The molecule has 0 aliphatic rings. The van der Waals surface area contributed by atoms with Crippen molar-refractivity contribution in [2.24, 2.45) is 0 Å². The topological polar surface area (TPSA) is 12.0 Å². The molecule has 2 aromatic carbocycles. The monoisotopic (exact) mass is 271 g/mol. The third kappa shape index (κ3) is 3.02. The fraction of sp³-hybridized carbons (Fsp3) is 0.294. The molecule has 100 valence electrons. The van der Waals surface area contributed by atoms with E-state index in [0.29, 0.717) is 0 Å². The maximum Gasteiger partial charge on any atom is 0.0587 e. The quantitative estimate of drug-likeness (QED) is 0.830. The third-order valence-electron chi connectivity index (χ3n) is 3.47. The van der Waals surface area contributed by atoms with Crippen LogP contribution in [0.4, 0.5) is 0 Å². The predicted molar refractivity (Wildman–Crippen MR) is 85.0 cm³/mol. The fourth-order valence-electron chi connectivity index (χ4n) is 2.53. The maximum absolute atomic E-state index is 3.46. The lowest BCUT2D eigenvalue weighted by molar-refractivity contribution is 0.676. The van der Waals surface area contributed by atoms with E-state index in [1.54, 1.807) is 11.8 Å². The van der Waals surface area contributed by atoms with Crippen molar-refractivity contribution in [2.75, 3.05) is 13.3 Å². The molecule has 19 heavy (non-hydrogen) atoms. The molecule has 1 unspecified atom stereocenters. The van der Waals surface area contributed by atoms with Crippen molar-refractivity contribution in [1.82, 2.24) is 5.32 Å². The van der Waals surface area contributed by atoms with E-state index in [4.69, 9.17) is 0 Å². The summed E-state index contributed by atoms with van der Waals surface area (Å²) in [4.78, 5) is 1.34. The molecule has 0 bridgehead atoms. The highest BCUT2D eigenvalue weighted by atomic mass is 32.2. The Morgan fingerprint density at radius 3 is 2.37 bits per heavy atom. The van der Waals surface area contributed by atoms with Gasteiger partial charge in [0, 0.05) is 4.90 Å². The molecule has 1 atom stereocenters. The molecule has 0 fully saturated rings. The Morgan fingerprint density at radius 2 is 1.74 bits per heavy atom. The van der Waals surface area contributed by atoms with Gasteiger partial charge in [-0.15, -0.1) is 11.8 Å². The zero-order chi connectivity index (χ0) is 13.8. The van der Waals surface area contributed by atoms with E-state index in [-0.39, 0.29) is 6.04 Å². The van der Waals surface area contributed by atoms with E-state index in [1.165, 1.54) is 27.1 Å². The van der Waals surface area contributed by atoms with Gasteiger partial charge in [-0.25, -0.2) is 0 Å². The lowest BCUT2D eigenvalue weighted by Crippen LogP contribution is -2.19. The molecule has 0 aliphatic heterocycles. The second-order valence-electron chi connectivity index (χ2n) is 4.82. The first-order valence-electron chi connectivity index (χ1n) is 6.54. The Hall–Kier alpha value is -1.25. The largest absolute Gasteiger partial charge is 0.309 e. The Morgan fingerprint density at radius 1 is 1.00 bits per heavy atom. The summed E-state index contributed by atoms with van der Waals surface area (Å²) in [7, 11) is 2.03. The summed E-state index contributed by atoms with van der Waals surface area (Å²) in [5, 5.41) is 3.46. The zero-order valence-electron chi connectivity index (χ0n) is 12.0. The molecule has 2 heteroatoms. The first kappa shape index (κ1) is 14.2. The minimum atomic E-state index is 0.254. The van der Waals surface area contributed by atoms with Gasteiger partial charge in [0.15, 0.2) is 0 Å². The van der Waals surface area contributed by atoms with Crippen molar-refractivity contribution < 1.29 is 0 Å². The molecule has 1 nitrogen and oxygen atoms in total. The van der Waals surface area contributed by atoms with E-state index < -0.39 is 0 Å². The van der Waals surface area contributed by atoms with Crippen molar-refractivity contribution >= 4 is 11.8 Å². The number of hydrogen-bond acceptors (Lipinski definition) is 2. The molecule has 0 amide bonds. The molecular formula is C17H21NS. The van der Waals surface area contributed by atoms with Crippen LogP contribution in [-0.2, 0) is 0 Å². The number of hydrogen-bond donors (Lipinski definition) is 1. The van der Waals surface area contributed by atoms with E-state index in [0.717, 1.165) is 0 Å². The summed E-state index contributed by atoms with van der Waals surface area (Å²) < 4.78 is 0. The molecular weight excluding hydrogens is 250 g/mol. The number of aryl methyl sites for hydroxylation is 2. The van der Waals surface area contributed by atoms with Gasteiger partial charge in [-0.05, 0) is 49.9 Å². The molecule has 0 heterocycles. The molecule has 0 aromatic heterocycles. The van der Waals surface area contributed by atoms with Gasteiger partial charge in [0.2, 0.25) is 0 Å². The normalized spacial score (nSPS) is 12.4. The van der Waals surface area contributed by atoms with Crippen LogP contribution < -0.4 is 5.32 Å². The van der Waals surface area contributed by atoms with Crippen LogP contribution in [0.3, 0.4) is 0 Å². The van der Waals surface area contributed by atoms with Crippen molar-refractivity contribution in [2.45, 2.75) is 24.8 Å². The Kier molecular flexibility index (Phi) is 4.67. The van der Waals surface area contributed by atoms with E-state index in [9.17, 15) is 0 Å². The molecule has 0 spiro atoms. The summed E-state index contributed by atoms with van der Waals surface area (Å²) in [5.74, 6) is 0. The summed E-state index contributed by atoms with van der Waals surface area (Å²) >= 11 is 1.80. The highest BCUT2D eigenvalue weighted by Gasteiger charge is 2.16. The van der Waals surface area contributed by atoms with Crippen LogP contribution in [0.1, 0.15) is 28.3 Å². The van der Waals surface area contributed by atoms with Crippen molar-refractivity contribution in [1.29, 1.82) is 0 Å². The van der Waals surface area contributed by atoms with Crippen LogP contribution in [0.5, 0.6) is 0 Å². The Labute approximate surface area is 120 Å². The smallest absolute Gasteiger partial charge is 0.0587 e. The molecule has 0 aliphatic carbocycles. The number of benzene rings is 2. The molecule has 2 aromatic rings. The van der Waals surface area contributed by atoms with Gasteiger partial charge in [0.05, 0.1) is 6.04 Å². The van der Waals surface area contributed by atoms with E-state index in [1.807, 2.05) is 7.05 Å². The zero-order valence-corrected chi connectivity index (χ0v) is 12.8. The van der Waals surface area contributed by atoms with Gasteiger partial charge >= 0.3 is 0 Å². The maximum atomic E-state index is 3.46. The summed E-state index contributed by atoms with van der Waals surface area (Å²) in [6.07, 6.45) is 2.13. The first-order valence-corrected chi connectivity index (χ1v) is 7.77. The second-order valence-corrected chi connectivity index (χ2v) is 5.67. The molecule has 0 radical (unpaired) electrons. The van der Waals surface area contributed by atoms with Crippen LogP contribution in [-0.4, -0.2) is 13.3 Å². The number of nitrogens with one attached hydrogen (secondary N) is 1. The highest BCUT2D eigenvalue weighted by molar-refractivity contribution is 7.98. The predicted octanol–water partition coefficient (Wildman–Crippen LogP) is 4.33. The van der Waals surface area contributed by atoms with Crippen LogP contribution in [0.2, 0.25) is 0 Å². The van der Waals surface area contributed by atoms with Gasteiger partial charge in [0.1, 0.15) is 0 Å².